The normalized spacial score (nSPS) is 28.6. The van der Waals surface area contributed by atoms with Gasteiger partial charge >= 0.3 is 5.97 Å². The van der Waals surface area contributed by atoms with Gasteiger partial charge in [-0.25, -0.2) is 8.42 Å². The van der Waals surface area contributed by atoms with Gasteiger partial charge in [0.1, 0.15) is 6.04 Å². The predicted octanol–water partition coefficient (Wildman–Crippen LogP) is 0.392. The summed E-state index contributed by atoms with van der Waals surface area (Å²) in [5.74, 6) is -1.30. The van der Waals surface area contributed by atoms with Crippen LogP contribution in [0.25, 0.3) is 0 Å². The van der Waals surface area contributed by atoms with Crippen molar-refractivity contribution in [2.45, 2.75) is 43.9 Å². The second-order valence-electron chi connectivity index (χ2n) is 4.67. The topological polar surface area (TPSA) is 97.5 Å². The van der Waals surface area contributed by atoms with Crippen LogP contribution >= 0.6 is 0 Å². The molecule has 1 rings (SSSR count). The molecule has 1 saturated carbocycles. The number of carbonyl (C=O) groups is 1. The van der Waals surface area contributed by atoms with Gasteiger partial charge < -0.3 is 10.8 Å². The van der Waals surface area contributed by atoms with E-state index in [1.54, 1.807) is 0 Å². The Balaban J connectivity index is 2.66. The van der Waals surface area contributed by atoms with E-state index in [4.69, 9.17) is 10.8 Å². The highest BCUT2D eigenvalue weighted by Crippen LogP contribution is 2.28. The number of sulfone groups is 1. The van der Waals surface area contributed by atoms with Crippen molar-refractivity contribution in [3.05, 3.63) is 0 Å². The number of hydrogen-bond donors (Lipinski definition) is 2. The highest BCUT2D eigenvalue weighted by atomic mass is 32.2. The summed E-state index contributed by atoms with van der Waals surface area (Å²) in [6.45, 7) is 2.03. The summed E-state index contributed by atoms with van der Waals surface area (Å²) < 4.78 is 23.8. The van der Waals surface area contributed by atoms with Crippen LogP contribution in [0, 0.1) is 5.92 Å². The van der Waals surface area contributed by atoms with E-state index in [1.807, 2.05) is 6.92 Å². The van der Waals surface area contributed by atoms with Crippen LogP contribution in [0.1, 0.15) is 32.6 Å². The first-order valence-corrected chi connectivity index (χ1v) is 7.24. The maximum Gasteiger partial charge on any atom is 0.321 e. The standard InChI is InChI=1S/C10H19NO4S/c1-7-3-2-4-8(5-7)16(14,15)6-9(11)10(12)13/h7-9H,2-6,11H2,1H3,(H,12,13). The van der Waals surface area contributed by atoms with Gasteiger partial charge in [0.15, 0.2) is 9.84 Å². The van der Waals surface area contributed by atoms with Crippen LogP contribution in [0.4, 0.5) is 0 Å². The largest absolute Gasteiger partial charge is 0.480 e. The summed E-state index contributed by atoms with van der Waals surface area (Å²) >= 11 is 0. The van der Waals surface area contributed by atoms with E-state index in [-0.39, 0.29) is 0 Å². The molecule has 0 aromatic heterocycles. The van der Waals surface area contributed by atoms with E-state index in [1.165, 1.54) is 0 Å². The van der Waals surface area contributed by atoms with Gasteiger partial charge in [-0.1, -0.05) is 19.8 Å². The van der Waals surface area contributed by atoms with Gasteiger partial charge in [-0.2, -0.15) is 0 Å². The fourth-order valence-electron chi connectivity index (χ4n) is 2.16. The number of carboxylic acids is 1. The van der Waals surface area contributed by atoms with E-state index in [0.29, 0.717) is 18.8 Å². The third kappa shape index (κ3) is 3.45. The molecule has 94 valence electrons. The molecule has 1 fully saturated rings. The number of nitrogens with two attached hydrogens (primary N) is 1. The molecule has 0 saturated heterocycles. The second kappa shape index (κ2) is 5.14. The van der Waals surface area contributed by atoms with Gasteiger partial charge in [-0.05, 0) is 18.8 Å². The average Bonchev–Trinajstić information content (AvgIpc) is 2.17. The van der Waals surface area contributed by atoms with Crippen LogP contribution in [0.15, 0.2) is 0 Å². The van der Waals surface area contributed by atoms with Crippen LogP contribution in [0.5, 0.6) is 0 Å². The first-order valence-electron chi connectivity index (χ1n) is 5.53. The summed E-state index contributed by atoms with van der Waals surface area (Å²) in [4.78, 5) is 10.5. The van der Waals surface area contributed by atoms with Gasteiger partial charge in [0, 0.05) is 0 Å². The monoisotopic (exact) mass is 249 g/mol. The van der Waals surface area contributed by atoms with E-state index >= 15 is 0 Å². The average molecular weight is 249 g/mol. The van der Waals surface area contributed by atoms with Crippen LogP contribution < -0.4 is 5.73 Å². The Morgan fingerprint density at radius 2 is 2.12 bits per heavy atom. The molecule has 0 heterocycles. The van der Waals surface area contributed by atoms with Gasteiger partial charge in [0.05, 0.1) is 11.0 Å². The molecule has 0 aliphatic heterocycles. The molecule has 3 N–H and O–H groups in total. The lowest BCUT2D eigenvalue weighted by Gasteiger charge is -2.26. The molecular formula is C10H19NO4S. The maximum atomic E-state index is 11.9. The van der Waals surface area contributed by atoms with Crippen molar-refractivity contribution in [3.63, 3.8) is 0 Å². The summed E-state index contributed by atoms with van der Waals surface area (Å²) in [6.07, 6.45) is 3.22. The smallest absolute Gasteiger partial charge is 0.321 e. The number of aliphatic carboxylic acids is 1. The molecule has 0 aromatic rings. The predicted molar refractivity (Wildman–Crippen MR) is 60.8 cm³/mol. The third-order valence-corrected chi connectivity index (χ3v) is 5.39. The Morgan fingerprint density at radius 1 is 1.50 bits per heavy atom. The number of hydrogen-bond acceptors (Lipinski definition) is 4. The molecule has 0 radical (unpaired) electrons. The fourth-order valence-corrected chi connectivity index (χ4v) is 4.23. The lowest BCUT2D eigenvalue weighted by molar-refractivity contribution is -0.137. The molecule has 6 heteroatoms. The van der Waals surface area contributed by atoms with E-state index in [2.05, 4.69) is 0 Å². The molecule has 16 heavy (non-hydrogen) atoms. The minimum absolute atomic E-state index is 0.398. The van der Waals surface area contributed by atoms with Crippen molar-refractivity contribution in [2.24, 2.45) is 11.7 Å². The second-order valence-corrected chi connectivity index (χ2v) is 6.99. The summed E-state index contributed by atoms with van der Waals surface area (Å²) in [7, 11) is -3.37. The van der Waals surface area contributed by atoms with Crippen molar-refractivity contribution in [1.29, 1.82) is 0 Å². The highest BCUT2D eigenvalue weighted by molar-refractivity contribution is 7.92. The van der Waals surface area contributed by atoms with Gasteiger partial charge in [-0.3, -0.25) is 4.79 Å². The van der Waals surface area contributed by atoms with E-state index in [9.17, 15) is 13.2 Å². The molecular weight excluding hydrogens is 230 g/mol. The van der Waals surface area contributed by atoms with E-state index in [0.717, 1.165) is 12.8 Å². The number of carboxylic acid groups (broad SMARTS) is 1. The maximum absolute atomic E-state index is 11.9. The first-order chi connectivity index (χ1) is 7.33. The minimum atomic E-state index is -3.37. The van der Waals surface area contributed by atoms with Gasteiger partial charge in [0.2, 0.25) is 0 Å². The van der Waals surface area contributed by atoms with Crippen LogP contribution in [0.2, 0.25) is 0 Å². The molecule has 0 bridgehead atoms. The molecule has 3 atom stereocenters. The SMILES string of the molecule is CC1CCCC(S(=O)(=O)CC(N)C(=O)O)C1. The number of rotatable bonds is 4. The molecule has 0 amide bonds. The quantitative estimate of drug-likeness (QED) is 0.751. The Bertz CT molecular complexity index is 352. The third-order valence-electron chi connectivity index (χ3n) is 3.13. The van der Waals surface area contributed by atoms with Crippen molar-refractivity contribution in [3.8, 4) is 0 Å². The van der Waals surface area contributed by atoms with E-state index < -0.39 is 32.9 Å². The molecule has 1 aliphatic carbocycles. The van der Waals surface area contributed by atoms with Gasteiger partial charge in [0.25, 0.3) is 0 Å². The summed E-state index contributed by atoms with van der Waals surface area (Å²) in [5.41, 5.74) is 5.27. The zero-order valence-electron chi connectivity index (χ0n) is 9.43. The lowest BCUT2D eigenvalue weighted by atomic mass is 9.91. The minimum Gasteiger partial charge on any atom is -0.480 e. The zero-order valence-corrected chi connectivity index (χ0v) is 10.2. The Morgan fingerprint density at radius 3 is 2.62 bits per heavy atom. The Hall–Kier alpha value is -0.620. The highest BCUT2D eigenvalue weighted by Gasteiger charge is 2.32. The molecule has 1 aliphatic rings. The van der Waals surface area contributed by atoms with Crippen LogP contribution in [0.3, 0.4) is 0 Å². The van der Waals surface area contributed by atoms with Crippen molar-refractivity contribution >= 4 is 15.8 Å². The van der Waals surface area contributed by atoms with Crippen molar-refractivity contribution in [2.75, 3.05) is 5.75 Å². The Labute approximate surface area is 95.9 Å². The summed E-state index contributed by atoms with van der Waals surface area (Å²) in [5, 5.41) is 8.20. The van der Waals surface area contributed by atoms with Crippen molar-refractivity contribution < 1.29 is 18.3 Å². The van der Waals surface area contributed by atoms with Crippen LogP contribution in [-0.2, 0) is 14.6 Å². The molecule has 0 aromatic carbocycles. The Kier molecular flexibility index (Phi) is 4.32. The zero-order chi connectivity index (χ0) is 12.3. The van der Waals surface area contributed by atoms with Crippen molar-refractivity contribution in [1.82, 2.24) is 0 Å². The molecule has 0 spiro atoms. The first kappa shape index (κ1) is 13.4. The fraction of sp³-hybridized carbons (Fsp3) is 0.900. The lowest BCUT2D eigenvalue weighted by Crippen LogP contribution is -2.41. The van der Waals surface area contributed by atoms with Gasteiger partial charge in [-0.15, -0.1) is 0 Å². The van der Waals surface area contributed by atoms with Crippen LogP contribution in [-0.4, -0.2) is 36.5 Å². The molecule has 3 unspecified atom stereocenters. The molecule has 5 nitrogen and oxygen atoms in total. The summed E-state index contributed by atoms with van der Waals surface area (Å²) in [6, 6.07) is -1.30.